The Morgan fingerprint density at radius 3 is 2.63 bits per heavy atom. The molecule has 0 spiro atoms. The van der Waals surface area contributed by atoms with Crippen molar-refractivity contribution in [1.29, 1.82) is 0 Å². The van der Waals surface area contributed by atoms with Crippen molar-refractivity contribution in [3.63, 3.8) is 0 Å². The number of piperidine rings is 1. The van der Waals surface area contributed by atoms with Crippen molar-refractivity contribution in [2.24, 2.45) is 5.73 Å². The quantitative estimate of drug-likeness (QED) is 0.923. The third-order valence-corrected chi connectivity index (χ3v) is 4.69. The molecule has 2 N–H and O–H groups in total. The van der Waals surface area contributed by atoms with Crippen LogP contribution in [0, 0.1) is 0 Å². The highest BCUT2D eigenvalue weighted by Gasteiger charge is 2.22. The van der Waals surface area contributed by atoms with Crippen LogP contribution in [0.15, 0.2) is 22.7 Å². The third-order valence-electron chi connectivity index (χ3n) is 4.19. The van der Waals surface area contributed by atoms with E-state index in [1.165, 1.54) is 43.7 Å². The molecule has 0 radical (unpaired) electrons. The zero-order valence-corrected chi connectivity index (χ0v) is 13.5. The van der Waals surface area contributed by atoms with Gasteiger partial charge in [-0.25, -0.2) is 0 Å². The van der Waals surface area contributed by atoms with Gasteiger partial charge in [-0.2, -0.15) is 0 Å². The van der Waals surface area contributed by atoms with E-state index in [9.17, 15) is 0 Å². The second kappa shape index (κ2) is 6.73. The first-order valence-corrected chi connectivity index (χ1v) is 7.88. The summed E-state index contributed by atoms with van der Waals surface area (Å²) in [6.07, 6.45) is 2.48. The molecule has 0 aliphatic carbocycles. The fourth-order valence-corrected chi connectivity index (χ4v) is 3.29. The predicted octanol–water partition coefficient (Wildman–Crippen LogP) is 2.83. The van der Waals surface area contributed by atoms with E-state index in [1.54, 1.807) is 0 Å². The van der Waals surface area contributed by atoms with Crippen LogP contribution in [0.2, 0.25) is 0 Å². The van der Waals surface area contributed by atoms with Gasteiger partial charge in [0.2, 0.25) is 0 Å². The molecule has 1 aromatic carbocycles. The van der Waals surface area contributed by atoms with Gasteiger partial charge in [0.05, 0.1) is 0 Å². The Bertz CT molecular complexity index is 414. The normalized spacial score (nSPS) is 17.7. The summed E-state index contributed by atoms with van der Waals surface area (Å²) < 4.78 is 1.10. The highest BCUT2D eigenvalue weighted by atomic mass is 79.9. The maximum absolute atomic E-state index is 5.87. The number of hydrogen-bond acceptors (Lipinski definition) is 3. The molecule has 0 saturated carbocycles. The van der Waals surface area contributed by atoms with Crippen LogP contribution in [0.1, 0.15) is 25.3 Å². The van der Waals surface area contributed by atoms with Crippen LogP contribution < -0.4 is 10.6 Å². The number of likely N-dealkylation sites (tertiary alicyclic amines) is 1. The molecule has 1 aliphatic heterocycles. The van der Waals surface area contributed by atoms with Crippen LogP contribution >= 0.6 is 15.9 Å². The summed E-state index contributed by atoms with van der Waals surface area (Å²) in [7, 11) is 2.20. The first kappa shape index (κ1) is 14.8. The minimum absolute atomic E-state index is 0.590. The van der Waals surface area contributed by atoms with Gasteiger partial charge in [0.25, 0.3) is 0 Å². The molecule has 2 rings (SSSR count). The monoisotopic (exact) mass is 325 g/mol. The van der Waals surface area contributed by atoms with Gasteiger partial charge in [0.1, 0.15) is 0 Å². The molecule has 0 atom stereocenters. The second-order valence-electron chi connectivity index (χ2n) is 5.25. The average Bonchev–Trinajstić information content (AvgIpc) is 2.46. The Morgan fingerprint density at radius 1 is 1.37 bits per heavy atom. The van der Waals surface area contributed by atoms with Crippen LogP contribution in [0.5, 0.6) is 0 Å². The third kappa shape index (κ3) is 3.50. The Morgan fingerprint density at radius 2 is 2.05 bits per heavy atom. The van der Waals surface area contributed by atoms with Crippen molar-refractivity contribution in [3.05, 3.63) is 28.2 Å². The van der Waals surface area contributed by atoms with E-state index in [0.29, 0.717) is 12.6 Å². The van der Waals surface area contributed by atoms with Gasteiger partial charge in [0, 0.05) is 42.9 Å². The Hall–Kier alpha value is -0.580. The maximum Gasteiger partial charge on any atom is 0.0412 e. The van der Waals surface area contributed by atoms with E-state index in [-0.39, 0.29) is 0 Å². The molecule has 0 unspecified atom stereocenters. The molecule has 0 amide bonds. The summed E-state index contributed by atoms with van der Waals surface area (Å²) in [5, 5.41) is 0. The number of nitrogens with zero attached hydrogens (tertiary/aromatic N) is 2. The number of benzene rings is 1. The number of rotatable bonds is 4. The van der Waals surface area contributed by atoms with E-state index < -0.39 is 0 Å². The maximum atomic E-state index is 5.87. The number of anilines is 1. The molecule has 0 bridgehead atoms. The zero-order valence-electron chi connectivity index (χ0n) is 11.9. The lowest BCUT2D eigenvalue weighted by atomic mass is 10.0. The molecule has 3 nitrogen and oxygen atoms in total. The molecule has 4 heteroatoms. The summed E-state index contributed by atoms with van der Waals surface area (Å²) in [6.45, 7) is 6.42. The van der Waals surface area contributed by atoms with Crippen molar-refractivity contribution >= 4 is 21.6 Å². The van der Waals surface area contributed by atoms with Crippen LogP contribution in [0.3, 0.4) is 0 Å². The van der Waals surface area contributed by atoms with Crippen molar-refractivity contribution < 1.29 is 0 Å². The first-order valence-electron chi connectivity index (χ1n) is 7.09. The lowest BCUT2D eigenvalue weighted by Gasteiger charge is -2.38. The highest BCUT2D eigenvalue weighted by Crippen LogP contribution is 2.27. The highest BCUT2D eigenvalue weighted by molar-refractivity contribution is 9.10. The van der Waals surface area contributed by atoms with Gasteiger partial charge in [-0.05, 0) is 43.1 Å². The van der Waals surface area contributed by atoms with E-state index in [2.05, 4.69) is 57.9 Å². The van der Waals surface area contributed by atoms with Crippen molar-refractivity contribution in [1.82, 2.24) is 4.90 Å². The van der Waals surface area contributed by atoms with E-state index in [4.69, 9.17) is 5.73 Å². The minimum Gasteiger partial charge on any atom is -0.371 e. The summed E-state index contributed by atoms with van der Waals surface area (Å²) in [5.41, 5.74) is 8.37. The Kier molecular flexibility index (Phi) is 5.25. The number of hydrogen-bond donors (Lipinski definition) is 1. The van der Waals surface area contributed by atoms with Crippen molar-refractivity contribution in [3.8, 4) is 0 Å². The summed E-state index contributed by atoms with van der Waals surface area (Å²) in [4.78, 5) is 4.94. The van der Waals surface area contributed by atoms with Crippen molar-refractivity contribution in [2.45, 2.75) is 32.4 Å². The summed E-state index contributed by atoms with van der Waals surface area (Å²) in [5.74, 6) is 0. The number of nitrogens with two attached hydrogens (primary N) is 1. The van der Waals surface area contributed by atoms with Gasteiger partial charge < -0.3 is 15.5 Å². The fourth-order valence-electron chi connectivity index (χ4n) is 2.88. The van der Waals surface area contributed by atoms with Gasteiger partial charge in [0.15, 0.2) is 0 Å². The second-order valence-corrected chi connectivity index (χ2v) is 6.17. The van der Waals surface area contributed by atoms with E-state index in [0.717, 1.165) is 4.47 Å². The van der Waals surface area contributed by atoms with Crippen molar-refractivity contribution in [2.75, 3.05) is 31.6 Å². The first-order chi connectivity index (χ1) is 9.15. The molecule has 1 saturated heterocycles. The zero-order chi connectivity index (χ0) is 13.8. The predicted molar refractivity (Wildman–Crippen MR) is 85.6 cm³/mol. The van der Waals surface area contributed by atoms with Crippen LogP contribution in [0.25, 0.3) is 0 Å². The average molecular weight is 326 g/mol. The van der Waals surface area contributed by atoms with Crippen LogP contribution in [-0.4, -0.2) is 37.6 Å². The SMILES string of the molecule is CCN1CCC(N(C)c2ccc(Br)cc2CN)CC1. The van der Waals surface area contributed by atoms with Gasteiger partial charge >= 0.3 is 0 Å². The molecule has 1 aromatic rings. The van der Waals surface area contributed by atoms with Crippen LogP contribution in [0.4, 0.5) is 5.69 Å². The molecule has 1 heterocycles. The largest absolute Gasteiger partial charge is 0.371 e. The number of halogens is 1. The lowest BCUT2D eigenvalue weighted by molar-refractivity contribution is 0.221. The molecule has 1 aliphatic rings. The topological polar surface area (TPSA) is 32.5 Å². The fraction of sp³-hybridized carbons (Fsp3) is 0.600. The Balaban J connectivity index is 2.09. The molecular formula is C15H24BrN3. The standard InChI is InChI=1S/C15H24BrN3/c1-3-19-8-6-14(7-9-19)18(2)15-5-4-13(16)10-12(15)11-17/h4-5,10,14H,3,6-9,11,17H2,1-2H3. The summed E-state index contributed by atoms with van der Waals surface area (Å²) in [6, 6.07) is 7.05. The molecule has 19 heavy (non-hydrogen) atoms. The van der Waals surface area contributed by atoms with Gasteiger partial charge in [-0.1, -0.05) is 22.9 Å². The van der Waals surface area contributed by atoms with Crippen LogP contribution in [-0.2, 0) is 6.54 Å². The van der Waals surface area contributed by atoms with Gasteiger partial charge in [-0.15, -0.1) is 0 Å². The summed E-state index contributed by atoms with van der Waals surface area (Å²) >= 11 is 3.52. The lowest BCUT2D eigenvalue weighted by Crippen LogP contribution is -2.43. The molecular weight excluding hydrogens is 302 g/mol. The molecule has 106 valence electrons. The molecule has 1 fully saturated rings. The minimum atomic E-state index is 0.590. The smallest absolute Gasteiger partial charge is 0.0412 e. The van der Waals surface area contributed by atoms with Gasteiger partial charge in [-0.3, -0.25) is 0 Å². The molecule has 0 aromatic heterocycles. The van der Waals surface area contributed by atoms with E-state index >= 15 is 0 Å². The van der Waals surface area contributed by atoms with E-state index in [1.807, 2.05) is 0 Å². The Labute approximate surface area is 124 Å².